The first-order chi connectivity index (χ1) is 11.2. The van der Waals surface area contributed by atoms with Gasteiger partial charge in [0.1, 0.15) is 4.90 Å². The number of nitrogens with zero attached hydrogens (tertiary/aromatic N) is 2. The first-order valence-corrected chi connectivity index (χ1v) is 8.41. The maximum Gasteiger partial charge on any atom is 0.288 e. The predicted octanol–water partition coefficient (Wildman–Crippen LogP) is 2.12. The number of nitro groups is 1. The minimum Gasteiger partial charge on any atom is -0.322 e. The largest absolute Gasteiger partial charge is 0.322 e. The zero-order valence-electron chi connectivity index (χ0n) is 12.4. The lowest BCUT2D eigenvalue weighted by atomic mass is 10.1. The highest BCUT2D eigenvalue weighted by Crippen LogP contribution is 2.25. The van der Waals surface area contributed by atoms with E-state index in [2.05, 4.69) is 5.32 Å². The second-order valence-electron chi connectivity index (χ2n) is 4.86. The molecular weight excluding hydrogens is 334 g/mol. The van der Waals surface area contributed by atoms with E-state index < -0.39 is 31.3 Å². The number of amides is 1. The van der Waals surface area contributed by atoms with Gasteiger partial charge in [-0.1, -0.05) is 6.07 Å². The van der Waals surface area contributed by atoms with Crippen LogP contribution in [0.4, 0.5) is 11.4 Å². The monoisotopic (exact) mass is 345 g/mol. The molecule has 0 unspecified atom stereocenters. The van der Waals surface area contributed by atoms with E-state index in [1.807, 2.05) is 6.07 Å². The fourth-order valence-corrected chi connectivity index (χ4v) is 2.81. The van der Waals surface area contributed by atoms with E-state index in [1.54, 1.807) is 18.2 Å². The summed E-state index contributed by atoms with van der Waals surface area (Å²) in [6.07, 6.45) is 0.850. The van der Waals surface area contributed by atoms with Crippen LogP contribution in [-0.4, -0.2) is 25.5 Å². The number of hydrogen-bond acceptors (Lipinski definition) is 6. The number of nitro benzene ring substituents is 1. The molecule has 122 valence electrons. The Kier molecular flexibility index (Phi) is 4.61. The van der Waals surface area contributed by atoms with Gasteiger partial charge in [-0.05, 0) is 30.3 Å². The van der Waals surface area contributed by atoms with Crippen LogP contribution in [0.2, 0.25) is 0 Å². The summed E-state index contributed by atoms with van der Waals surface area (Å²) in [4.78, 5) is 21.9. The summed E-state index contributed by atoms with van der Waals surface area (Å²) < 4.78 is 23.1. The number of carbonyl (C=O) groups excluding carboxylic acids is 1. The lowest BCUT2D eigenvalue weighted by Crippen LogP contribution is -2.13. The van der Waals surface area contributed by atoms with Crippen molar-refractivity contribution in [3.05, 3.63) is 63.7 Å². The van der Waals surface area contributed by atoms with Crippen molar-refractivity contribution in [2.45, 2.75) is 4.90 Å². The van der Waals surface area contributed by atoms with Gasteiger partial charge in [-0.2, -0.15) is 5.26 Å². The Hall–Kier alpha value is -3.25. The minimum absolute atomic E-state index is 0.0727. The van der Waals surface area contributed by atoms with Crippen LogP contribution in [0, 0.1) is 21.4 Å². The van der Waals surface area contributed by atoms with Gasteiger partial charge in [-0.15, -0.1) is 0 Å². The Morgan fingerprint density at radius 1 is 1.25 bits per heavy atom. The topological polar surface area (TPSA) is 130 Å². The van der Waals surface area contributed by atoms with Crippen LogP contribution in [0.3, 0.4) is 0 Å². The van der Waals surface area contributed by atoms with Crippen LogP contribution < -0.4 is 5.32 Å². The maximum atomic E-state index is 12.2. The molecule has 2 aromatic carbocycles. The molecule has 0 saturated carbocycles. The van der Waals surface area contributed by atoms with Gasteiger partial charge >= 0.3 is 0 Å². The molecule has 1 N–H and O–H groups in total. The van der Waals surface area contributed by atoms with Crippen molar-refractivity contribution in [3.8, 4) is 6.07 Å². The molecule has 0 aromatic heterocycles. The van der Waals surface area contributed by atoms with Crippen molar-refractivity contribution in [1.29, 1.82) is 5.26 Å². The molecule has 2 rings (SSSR count). The molecule has 8 nitrogen and oxygen atoms in total. The van der Waals surface area contributed by atoms with Gasteiger partial charge in [0.2, 0.25) is 0 Å². The van der Waals surface area contributed by atoms with Crippen LogP contribution in [0.5, 0.6) is 0 Å². The zero-order chi connectivity index (χ0) is 17.9. The summed E-state index contributed by atoms with van der Waals surface area (Å²) in [5.41, 5.74) is -0.0625. The smallest absolute Gasteiger partial charge is 0.288 e. The lowest BCUT2D eigenvalue weighted by Gasteiger charge is -2.07. The van der Waals surface area contributed by atoms with E-state index in [9.17, 15) is 23.3 Å². The molecule has 24 heavy (non-hydrogen) atoms. The van der Waals surface area contributed by atoms with Gasteiger partial charge in [-0.25, -0.2) is 8.42 Å². The minimum atomic E-state index is -3.80. The van der Waals surface area contributed by atoms with Gasteiger partial charge in [-0.3, -0.25) is 14.9 Å². The number of rotatable bonds is 4. The second-order valence-corrected chi connectivity index (χ2v) is 6.84. The number of carbonyl (C=O) groups is 1. The average Bonchev–Trinajstić information content (AvgIpc) is 2.53. The van der Waals surface area contributed by atoms with Gasteiger partial charge in [0.05, 0.1) is 16.6 Å². The number of nitrogens with one attached hydrogen (secondary N) is 1. The van der Waals surface area contributed by atoms with Crippen LogP contribution in [-0.2, 0) is 9.84 Å². The standard InChI is InChI=1S/C15H11N3O5S/c1-24(22,23)14-6-5-11(8-13(14)18(20)21)15(19)17-12-4-2-3-10(7-12)9-16/h2-8H,1H3,(H,17,19). The number of hydrogen-bond donors (Lipinski definition) is 1. The zero-order valence-corrected chi connectivity index (χ0v) is 13.2. The van der Waals surface area contributed by atoms with Gasteiger partial charge in [0, 0.05) is 23.6 Å². The predicted molar refractivity (Wildman–Crippen MR) is 85.3 cm³/mol. The normalized spacial score (nSPS) is 10.7. The third-order valence-electron chi connectivity index (χ3n) is 3.07. The Bertz CT molecular complexity index is 977. The summed E-state index contributed by atoms with van der Waals surface area (Å²) in [7, 11) is -3.80. The average molecular weight is 345 g/mol. The molecule has 0 atom stereocenters. The summed E-state index contributed by atoms with van der Waals surface area (Å²) >= 11 is 0. The summed E-state index contributed by atoms with van der Waals surface area (Å²) in [5.74, 6) is -0.659. The van der Waals surface area contributed by atoms with E-state index >= 15 is 0 Å². The van der Waals surface area contributed by atoms with Crippen molar-refractivity contribution in [3.63, 3.8) is 0 Å². The number of anilines is 1. The Labute approximate surface area is 137 Å². The van der Waals surface area contributed by atoms with Gasteiger partial charge in [0.15, 0.2) is 9.84 Å². The van der Waals surface area contributed by atoms with Crippen molar-refractivity contribution in [2.24, 2.45) is 0 Å². The highest BCUT2D eigenvalue weighted by Gasteiger charge is 2.24. The molecule has 0 aliphatic rings. The molecule has 1 amide bonds. The highest BCUT2D eigenvalue weighted by atomic mass is 32.2. The van der Waals surface area contributed by atoms with E-state index in [-0.39, 0.29) is 5.56 Å². The number of sulfone groups is 1. The molecule has 0 aliphatic heterocycles. The number of benzene rings is 2. The Morgan fingerprint density at radius 3 is 2.54 bits per heavy atom. The first-order valence-electron chi connectivity index (χ1n) is 6.52. The van der Waals surface area contributed by atoms with Gasteiger partial charge < -0.3 is 5.32 Å². The molecular formula is C15H11N3O5S. The van der Waals surface area contributed by atoms with Crippen molar-refractivity contribution >= 4 is 27.1 Å². The summed E-state index contributed by atoms with van der Waals surface area (Å²) in [5, 5.41) is 22.4. The SMILES string of the molecule is CS(=O)(=O)c1ccc(C(=O)Nc2cccc(C#N)c2)cc1[N+](=O)[O-]. The van der Waals surface area contributed by atoms with Crippen molar-refractivity contribution in [2.75, 3.05) is 11.6 Å². The van der Waals surface area contributed by atoms with Crippen LogP contribution in [0.15, 0.2) is 47.4 Å². The molecule has 0 aliphatic carbocycles. The third kappa shape index (κ3) is 3.74. The first kappa shape index (κ1) is 17.1. The fourth-order valence-electron chi connectivity index (χ4n) is 1.98. The summed E-state index contributed by atoms with van der Waals surface area (Å²) in [6, 6.07) is 11.2. The van der Waals surface area contributed by atoms with E-state index in [4.69, 9.17) is 5.26 Å². The number of nitriles is 1. The van der Waals surface area contributed by atoms with E-state index in [0.29, 0.717) is 11.3 Å². The van der Waals surface area contributed by atoms with Crippen LogP contribution in [0.25, 0.3) is 0 Å². The van der Waals surface area contributed by atoms with E-state index in [0.717, 1.165) is 18.4 Å². The molecule has 0 fully saturated rings. The highest BCUT2D eigenvalue weighted by molar-refractivity contribution is 7.90. The lowest BCUT2D eigenvalue weighted by molar-refractivity contribution is -0.387. The van der Waals surface area contributed by atoms with Crippen LogP contribution in [0.1, 0.15) is 15.9 Å². The Balaban J connectivity index is 2.38. The molecule has 9 heteroatoms. The Morgan fingerprint density at radius 2 is 1.96 bits per heavy atom. The van der Waals surface area contributed by atoms with Crippen molar-refractivity contribution < 1.29 is 18.1 Å². The molecule has 2 aromatic rings. The molecule has 0 saturated heterocycles. The van der Waals surface area contributed by atoms with Crippen LogP contribution >= 0.6 is 0 Å². The molecule has 0 radical (unpaired) electrons. The third-order valence-corrected chi connectivity index (χ3v) is 4.21. The fraction of sp³-hybridized carbons (Fsp3) is 0.0667. The second kappa shape index (κ2) is 6.47. The van der Waals surface area contributed by atoms with Crippen molar-refractivity contribution in [1.82, 2.24) is 0 Å². The van der Waals surface area contributed by atoms with E-state index in [1.165, 1.54) is 12.1 Å². The quantitative estimate of drug-likeness (QED) is 0.667. The summed E-state index contributed by atoms with van der Waals surface area (Å²) in [6.45, 7) is 0. The molecule has 0 bridgehead atoms. The molecule has 0 spiro atoms. The van der Waals surface area contributed by atoms with Gasteiger partial charge in [0.25, 0.3) is 11.6 Å². The maximum absolute atomic E-state index is 12.2. The molecule has 0 heterocycles.